The summed E-state index contributed by atoms with van der Waals surface area (Å²) in [7, 11) is -3.15. The number of rotatable bonds is 6. The van der Waals surface area contributed by atoms with Crippen molar-refractivity contribution in [1.29, 1.82) is 0 Å². The molecule has 9 heteroatoms. The van der Waals surface area contributed by atoms with Gasteiger partial charge in [0.25, 0.3) is 5.19 Å². The summed E-state index contributed by atoms with van der Waals surface area (Å²) in [4.78, 5) is 6.84. The van der Waals surface area contributed by atoms with Gasteiger partial charge in [0.2, 0.25) is 10.0 Å². The second-order valence-corrected chi connectivity index (χ2v) is 10.7. The molecular formula is C22H23N3O4S2. The second kappa shape index (κ2) is 8.23. The molecule has 162 valence electrons. The molecule has 7 nitrogen and oxygen atoms in total. The Bertz CT molecular complexity index is 1290. The average Bonchev–Trinajstić information content (AvgIpc) is 3.31. The zero-order chi connectivity index (χ0) is 21.4. The number of nitrogens with zero attached hydrogens (tertiary/aromatic N) is 2. The Labute approximate surface area is 184 Å². The molecule has 1 fully saturated rings. The Morgan fingerprint density at radius 3 is 2.81 bits per heavy atom. The quantitative estimate of drug-likeness (QED) is 0.463. The number of hydrogen-bond donors (Lipinski definition) is 1. The van der Waals surface area contributed by atoms with E-state index < -0.39 is 10.0 Å². The average molecular weight is 458 g/mol. The summed E-state index contributed by atoms with van der Waals surface area (Å²) < 4.78 is 38.4. The van der Waals surface area contributed by atoms with Crippen molar-refractivity contribution in [2.75, 3.05) is 19.3 Å². The zero-order valence-electron chi connectivity index (χ0n) is 17.1. The van der Waals surface area contributed by atoms with Crippen molar-refractivity contribution in [2.45, 2.75) is 25.4 Å². The number of piperidine rings is 1. The van der Waals surface area contributed by atoms with Crippen LogP contribution in [0.4, 0.5) is 0 Å². The van der Waals surface area contributed by atoms with Crippen molar-refractivity contribution in [3.05, 3.63) is 54.3 Å². The number of likely N-dealkylation sites (tertiary alicyclic amines) is 1. The Morgan fingerprint density at radius 2 is 2.03 bits per heavy atom. The number of thiazole rings is 1. The first-order chi connectivity index (χ1) is 14.9. The van der Waals surface area contributed by atoms with Gasteiger partial charge in [-0.3, -0.25) is 4.90 Å². The van der Waals surface area contributed by atoms with E-state index in [9.17, 15) is 8.42 Å². The fraction of sp³-hybridized carbons (Fsp3) is 0.318. The van der Waals surface area contributed by atoms with Gasteiger partial charge < -0.3 is 9.15 Å². The number of para-hydroxylation sites is 1. The zero-order valence-corrected chi connectivity index (χ0v) is 18.7. The van der Waals surface area contributed by atoms with E-state index in [2.05, 4.69) is 14.6 Å². The monoisotopic (exact) mass is 457 g/mol. The third kappa shape index (κ3) is 4.74. The molecule has 0 amide bonds. The Kier molecular flexibility index (Phi) is 5.43. The first-order valence-electron chi connectivity index (χ1n) is 10.2. The van der Waals surface area contributed by atoms with Gasteiger partial charge in [-0.15, -0.1) is 0 Å². The van der Waals surface area contributed by atoms with Crippen LogP contribution in [0.1, 0.15) is 18.4 Å². The van der Waals surface area contributed by atoms with Gasteiger partial charge in [0, 0.05) is 42.7 Å². The van der Waals surface area contributed by atoms with Crippen LogP contribution in [0.5, 0.6) is 10.9 Å². The fourth-order valence-electron chi connectivity index (χ4n) is 4.00. The Hall–Kier alpha value is -2.46. The molecule has 0 unspecified atom stereocenters. The van der Waals surface area contributed by atoms with Crippen LogP contribution in [0, 0.1) is 0 Å². The summed E-state index contributed by atoms with van der Waals surface area (Å²) in [5, 5.41) is 1.67. The van der Waals surface area contributed by atoms with Crippen LogP contribution in [-0.4, -0.2) is 43.7 Å². The van der Waals surface area contributed by atoms with Crippen molar-refractivity contribution in [2.24, 2.45) is 0 Å². The summed E-state index contributed by atoms with van der Waals surface area (Å²) in [6.07, 6.45) is 4.63. The molecule has 0 aliphatic carbocycles. The van der Waals surface area contributed by atoms with Gasteiger partial charge in [0.05, 0.1) is 22.7 Å². The molecule has 1 saturated heterocycles. The summed E-state index contributed by atoms with van der Waals surface area (Å²) in [6, 6.07) is 13.8. The minimum atomic E-state index is -3.15. The lowest BCUT2D eigenvalue weighted by Gasteiger charge is -2.31. The number of hydrogen-bond acceptors (Lipinski definition) is 7. The van der Waals surface area contributed by atoms with E-state index in [1.54, 1.807) is 6.26 Å². The molecule has 0 spiro atoms. The topological polar surface area (TPSA) is 84.7 Å². The molecule has 0 atom stereocenters. The molecule has 4 aromatic rings. The molecule has 1 N–H and O–H groups in total. The lowest BCUT2D eigenvalue weighted by atomic mass is 10.1. The number of furan rings is 1. The molecule has 5 rings (SSSR count). The van der Waals surface area contributed by atoms with Crippen molar-refractivity contribution >= 4 is 42.5 Å². The van der Waals surface area contributed by atoms with E-state index in [1.807, 2.05) is 42.5 Å². The lowest BCUT2D eigenvalue weighted by molar-refractivity contribution is 0.200. The first kappa shape index (κ1) is 20.4. The van der Waals surface area contributed by atoms with E-state index >= 15 is 0 Å². The standard InChI is InChI=1S/C22H23N3O4S2/c1-31(26,27)24-16-8-10-25(11-9-16)13-15-14-28-20-12-17(6-7-18(15)20)29-22-23-19-4-2-3-5-21(19)30-22/h2-7,12,14,16,24H,8-11,13H2,1H3. The molecule has 31 heavy (non-hydrogen) atoms. The van der Waals surface area contributed by atoms with Gasteiger partial charge in [0.15, 0.2) is 0 Å². The lowest BCUT2D eigenvalue weighted by Crippen LogP contribution is -2.43. The van der Waals surface area contributed by atoms with Crippen molar-refractivity contribution < 1.29 is 17.6 Å². The maximum Gasteiger partial charge on any atom is 0.279 e. The van der Waals surface area contributed by atoms with Crippen LogP contribution in [0.15, 0.2) is 53.1 Å². The predicted molar refractivity (Wildman–Crippen MR) is 122 cm³/mol. The van der Waals surface area contributed by atoms with E-state index in [1.165, 1.54) is 17.6 Å². The van der Waals surface area contributed by atoms with Crippen molar-refractivity contribution in [1.82, 2.24) is 14.6 Å². The molecule has 0 radical (unpaired) electrons. The van der Waals surface area contributed by atoms with Crippen molar-refractivity contribution in [3.8, 4) is 10.9 Å². The molecule has 1 aliphatic heterocycles. The Balaban J connectivity index is 1.25. The van der Waals surface area contributed by atoms with Gasteiger partial charge in [-0.25, -0.2) is 18.1 Å². The maximum atomic E-state index is 11.4. The van der Waals surface area contributed by atoms with Crippen molar-refractivity contribution in [3.63, 3.8) is 0 Å². The predicted octanol–water partition coefficient (Wildman–Crippen LogP) is 4.35. The van der Waals surface area contributed by atoms with Crippen LogP contribution in [0.2, 0.25) is 0 Å². The third-order valence-corrected chi connectivity index (χ3v) is 7.14. The number of benzene rings is 2. The minimum Gasteiger partial charge on any atom is -0.464 e. The minimum absolute atomic E-state index is 0.0227. The first-order valence-corrected chi connectivity index (χ1v) is 12.9. The van der Waals surface area contributed by atoms with Gasteiger partial charge >= 0.3 is 0 Å². The van der Waals surface area contributed by atoms with Gasteiger partial charge in [-0.2, -0.15) is 0 Å². The molecule has 0 saturated carbocycles. The highest BCUT2D eigenvalue weighted by Gasteiger charge is 2.22. The SMILES string of the molecule is CS(=O)(=O)NC1CCN(Cc2coc3cc(Oc4nc5ccccc5s4)ccc23)CC1. The van der Waals surface area contributed by atoms with Crippen LogP contribution < -0.4 is 9.46 Å². The van der Waals surface area contributed by atoms with Gasteiger partial charge in [0.1, 0.15) is 11.3 Å². The molecule has 2 aromatic carbocycles. The number of aromatic nitrogens is 1. The fourth-order valence-corrected chi connectivity index (χ4v) is 5.67. The maximum absolute atomic E-state index is 11.4. The molecule has 3 heterocycles. The van der Waals surface area contributed by atoms with Crippen LogP contribution in [-0.2, 0) is 16.6 Å². The highest BCUT2D eigenvalue weighted by atomic mass is 32.2. The largest absolute Gasteiger partial charge is 0.464 e. The van der Waals surface area contributed by atoms with E-state index in [0.29, 0.717) is 10.9 Å². The van der Waals surface area contributed by atoms with E-state index in [4.69, 9.17) is 9.15 Å². The number of ether oxygens (including phenoxy) is 1. The van der Waals surface area contributed by atoms with Gasteiger partial charge in [-0.05, 0) is 37.1 Å². The molecule has 2 aromatic heterocycles. The van der Waals surface area contributed by atoms with E-state index in [0.717, 1.165) is 59.2 Å². The van der Waals surface area contributed by atoms with Gasteiger partial charge in [-0.1, -0.05) is 23.5 Å². The molecule has 0 bridgehead atoms. The number of nitrogens with one attached hydrogen (secondary N) is 1. The van der Waals surface area contributed by atoms with E-state index in [-0.39, 0.29) is 6.04 Å². The van der Waals surface area contributed by atoms with Crippen LogP contribution >= 0.6 is 11.3 Å². The van der Waals surface area contributed by atoms with Crippen LogP contribution in [0.25, 0.3) is 21.2 Å². The van der Waals surface area contributed by atoms with Crippen LogP contribution in [0.3, 0.4) is 0 Å². The number of fused-ring (bicyclic) bond motifs is 2. The highest BCUT2D eigenvalue weighted by molar-refractivity contribution is 7.88. The molecule has 1 aliphatic rings. The summed E-state index contributed by atoms with van der Waals surface area (Å²) >= 11 is 1.52. The third-order valence-electron chi connectivity index (χ3n) is 5.47. The number of sulfonamides is 1. The Morgan fingerprint density at radius 1 is 1.23 bits per heavy atom. The summed E-state index contributed by atoms with van der Waals surface area (Å²) in [6.45, 7) is 2.47. The normalized spacial score (nSPS) is 16.3. The summed E-state index contributed by atoms with van der Waals surface area (Å²) in [5.74, 6) is 0.695. The molecular weight excluding hydrogens is 434 g/mol. The summed E-state index contributed by atoms with van der Waals surface area (Å²) in [5.41, 5.74) is 2.83. The smallest absolute Gasteiger partial charge is 0.279 e. The second-order valence-electron chi connectivity index (χ2n) is 7.91. The highest BCUT2D eigenvalue weighted by Crippen LogP contribution is 2.33.